The predicted molar refractivity (Wildman–Crippen MR) is 83.7 cm³/mol. The van der Waals surface area contributed by atoms with Gasteiger partial charge in [0, 0.05) is 17.5 Å². The van der Waals surface area contributed by atoms with Gasteiger partial charge in [0.15, 0.2) is 0 Å². The van der Waals surface area contributed by atoms with Crippen LogP contribution < -0.4 is 0 Å². The van der Waals surface area contributed by atoms with Crippen LogP contribution in [0.4, 0.5) is 0 Å². The van der Waals surface area contributed by atoms with E-state index in [4.69, 9.17) is 0 Å². The van der Waals surface area contributed by atoms with Gasteiger partial charge in [-0.3, -0.25) is 4.90 Å². The summed E-state index contributed by atoms with van der Waals surface area (Å²) in [6, 6.07) is 5.08. The lowest BCUT2D eigenvalue weighted by Gasteiger charge is -2.24. The number of rotatable bonds is 6. The normalized spacial score (nSPS) is 20.3. The highest BCUT2D eigenvalue weighted by molar-refractivity contribution is 7.99. The molecule has 1 atom stereocenters. The van der Waals surface area contributed by atoms with Crippen molar-refractivity contribution < 1.29 is 0 Å². The third-order valence-electron chi connectivity index (χ3n) is 3.66. The maximum absolute atomic E-state index is 4.61. The van der Waals surface area contributed by atoms with Gasteiger partial charge in [-0.1, -0.05) is 33.3 Å². The van der Waals surface area contributed by atoms with E-state index in [0.29, 0.717) is 11.3 Å². The first-order chi connectivity index (χ1) is 9.20. The molecular formula is C16H26N2S. The van der Waals surface area contributed by atoms with Gasteiger partial charge in [-0.2, -0.15) is 0 Å². The maximum atomic E-state index is 4.61. The molecule has 0 aliphatic carbocycles. The lowest BCUT2D eigenvalue weighted by Crippen LogP contribution is -2.24. The Balaban J connectivity index is 2.00. The molecule has 2 rings (SSSR count). The number of unbranched alkanes of at least 4 members (excludes halogenated alkanes) is 1. The molecular weight excluding hydrogens is 252 g/mol. The van der Waals surface area contributed by atoms with Gasteiger partial charge in [0.05, 0.1) is 5.03 Å². The summed E-state index contributed by atoms with van der Waals surface area (Å²) in [7, 11) is 0. The molecule has 0 unspecified atom stereocenters. The molecule has 1 aromatic heterocycles. The van der Waals surface area contributed by atoms with E-state index in [1.54, 1.807) is 0 Å². The van der Waals surface area contributed by atoms with Gasteiger partial charge in [0.1, 0.15) is 0 Å². The lowest BCUT2D eigenvalue weighted by atomic mass is 10.1. The van der Waals surface area contributed by atoms with Crippen LogP contribution in [-0.4, -0.2) is 28.2 Å². The molecule has 1 fully saturated rings. The Labute approximate surface area is 122 Å². The largest absolute Gasteiger partial charge is 0.296 e. The maximum Gasteiger partial charge on any atom is 0.0962 e. The molecule has 2 nitrogen and oxygen atoms in total. The Kier molecular flexibility index (Phi) is 5.71. The third-order valence-corrected chi connectivity index (χ3v) is 4.62. The Hall–Kier alpha value is -0.540. The van der Waals surface area contributed by atoms with E-state index in [9.17, 15) is 0 Å². The van der Waals surface area contributed by atoms with E-state index in [2.05, 4.69) is 49.0 Å². The van der Waals surface area contributed by atoms with Crippen LogP contribution in [0.2, 0.25) is 0 Å². The van der Waals surface area contributed by atoms with Crippen LogP contribution in [0.1, 0.15) is 58.1 Å². The summed E-state index contributed by atoms with van der Waals surface area (Å²) in [5, 5.41) is 1.75. The predicted octanol–water partition coefficient (Wildman–Crippen LogP) is 4.52. The Morgan fingerprint density at radius 3 is 2.89 bits per heavy atom. The summed E-state index contributed by atoms with van der Waals surface area (Å²) in [4.78, 5) is 7.25. The zero-order valence-corrected chi connectivity index (χ0v) is 13.2. The SMILES string of the molecule is CCCCN1CCC[C@H]1c1ccc(SC(C)C)nc1. The summed E-state index contributed by atoms with van der Waals surface area (Å²) in [5.41, 5.74) is 1.40. The van der Waals surface area contributed by atoms with Crippen LogP contribution in [0.3, 0.4) is 0 Å². The second-order valence-corrected chi connectivity index (χ2v) is 7.24. The zero-order valence-electron chi connectivity index (χ0n) is 12.4. The van der Waals surface area contributed by atoms with Crippen LogP contribution in [-0.2, 0) is 0 Å². The second kappa shape index (κ2) is 7.30. The molecule has 0 spiro atoms. The van der Waals surface area contributed by atoms with Crippen LogP contribution in [0.15, 0.2) is 23.4 Å². The van der Waals surface area contributed by atoms with Gasteiger partial charge in [-0.15, -0.1) is 11.8 Å². The summed E-state index contributed by atoms with van der Waals surface area (Å²) >= 11 is 1.84. The fourth-order valence-electron chi connectivity index (χ4n) is 2.73. The van der Waals surface area contributed by atoms with Crippen molar-refractivity contribution in [3.05, 3.63) is 23.9 Å². The average molecular weight is 278 g/mol. The molecule has 3 heteroatoms. The molecule has 2 heterocycles. The van der Waals surface area contributed by atoms with Gasteiger partial charge in [0.25, 0.3) is 0 Å². The first-order valence-electron chi connectivity index (χ1n) is 7.57. The monoisotopic (exact) mass is 278 g/mol. The molecule has 0 amide bonds. The summed E-state index contributed by atoms with van der Waals surface area (Å²) in [5.74, 6) is 0. The average Bonchev–Trinajstić information content (AvgIpc) is 2.85. The van der Waals surface area contributed by atoms with Crippen molar-refractivity contribution in [3.63, 3.8) is 0 Å². The minimum atomic E-state index is 0.603. The molecule has 1 aromatic rings. The number of pyridine rings is 1. The molecule has 1 aliphatic rings. The van der Waals surface area contributed by atoms with Crippen molar-refractivity contribution in [2.75, 3.05) is 13.1 Å². The Morgan fingerprint density at radius 2 is 2.26 bits per heavy atom. The summed E-state index contributed by atoms with van der Waals surface area (Å²) < 4.78 is 0. The molecule has 0 saturated carbocycles. The molecule has 0 bridgehead atoms. The first-order valence-corrected chi connectivity index (χ1v) is 8.45. The summed E-state index contributed by atoms with van der Waals surface area (Å²) in [6.07, 6.45) is 7.31. The van der Waals surface area contributed by atoms with Crippen molar-refractivity contribution in [2.45, 2.75) is 62.8 Å². The smallest absolute Gasteiger partial charge is 0.0962 e. The molecule has 0 aromatic carbocycles. The minimum absolute atomic E-state index is 0.603. The molecule has 1 saturated heterocycles. The highest BCUT2D eigenvalue weighted by atomic mass is 32.2. The van der Waals surface area contributed by atoms with Gasteiger partial charge < -0.3 is 0 Å². The van der Waals surface area contributed by atoms with E-state index < -0.39 is 0 Å². The van der Waals surface area contributed by atoms with Gasteiger partial charge in [-0.05, 0) is 44.0 Å². The van der Waals surface area contributed by atoms with Crippen LogP contribution >= 0.6 is 11.8 Å². The van der Waals surface area contributed by atoms with Gasteiger partial charge >= 0.3 is 0 Å². The fraction of sp³-hybridized carbons (Fsp3) is 0.688. The second-order valence-electron chi connectivity index (χ2n) is 5.64. The van der Waals surface area contributed by atoms with Crippen LogP contribution in [0.25, 0.3) is 0 Å². The van der Waals surface area contributed by atoms with E-state index in [0.717, 1.165) is 5.03 Å². The standard InChI is InChI=1S/C16H26N2S/c1-4-5-10-18-11-6-7-15(18)14-8-9-16(17-12-14)19-13(2)3/h8-9,12-13,15H,4-7,10-11H2,1-3H3/t15-/m0/s1. The quantitative estimate of drug-likeness (QED) is 0.712. The Bertz CT molecular complexity index is 375. The van der Waals surface area contributed by atoms with Gasteiger partial charge in [0.2, 0.25) is 0 Å². The topological polar surface area (TPSA) is 16.1 Å². The van der Waals surface area contributed by atoms with E-state index in [-0.39, 0.29) is 0 Å². The number of thioether (sulfide) groups is 1. The molecule has 106 valence electrons. The van der Waals surface area contributed by atoms with Crippen LogP contribution in [0.5, 0.6) is 0 Å². The van der Waals surface area contributed by atoms with E-state index in [1.807, 2.05) is 11.8 Å². The van der Waals surface area contributed by atoms with Crippen molar-refractivity contribution in [1.29, 1.82) is 0 Å². The molecule has 0 N–H and O–H groups in total. The molecule has 19 heavy (non-hydrogen) atoms. The van der Waals surface area contributed by atoms with E-state index in [1.165, 1.54) is 44.3 Å². The Morgan fingerprint density at radius 1 is 1.42 bits per heavy atom. The van der Waals surface area contributed by atoms with Crippen molar-refractivity contribution >= 4 is 11.8 Å². The third kappa shape index (κ3) is 4.22. The van der Waals surface area contributed by atoms with Crippen molar-refractivity contribution in [2.24, 2.45) is 0 Å². The zero-order chi connectivity index (χ0) is 13.7. The highest BCUT2D eigenvalue weighted by Crippen LogP contribution is 2.32. The fourth-order valence-corrected chi connectivity index (χ4v) is 3.48. The van der Waals surface area contributed by atoms with Gasteiger partial charge in [-0.25, -0.2) is 4.98 Å². The molecule has 0 radical (unpaired) electrons. The lowest BCUT2D eigenvalue weighted by molar-refractivity contribution is 0.253. The van der Waals surface area contributed by atoms with Crippen molar-refractivity contribution in [1.82, 2.24) is 9.88 Å². The number of likely N-dealkylation sites (tertiary alicyclic amines) is 1. The van der Waals surface area contributed by atoms with Crippen LogP contribution in [0, 0.1) is 0 Å². The molecule has 1 aliphatic heterocycles. The van der Waals surface area contributed by atoms with E-state index >= 15 is 0 Å². The first kappa shape index (κ1) is 14.9. The minimum Gasteiger partial charge on any atom is -0.296 e. The highest BCUT2D eigenvalue weighted by Gasteiger charge is 2.25. The summed E-state index contributed by atoms with van der Waals surface area (Å²) in [6.45, 7) is 9.19. The number of aromatic nitrogens is 1. The number of hydrogen-bond acceptors (Lipinski definition) is 3. The van der Waals surface area contributed by atoms with Crippen molar-refractivity contribution in [3.8, 4) is 0 Å². The number of hydrogen-bond donors (Lipinski definition) is 0. The number of nitrogens with zero attached hydrogens (tertiary/aromatic N) is 2.